The van der Waals surface area contributed by atoms with Crippen LogP contribution in [0.3, 0.4) is 0 Å². The van der Waals surface area contributed by atoms with Gasteiger partial charge in [0.25, 0.3) is 8.32 Å². The van der Waals surface area contributed by atoms with Crippen LogP contribution in [-0.4, -0.2) is 45.0 Å². The van der Waals surface area contributed by atoms with Gasteiger partial charge >= 0.3 is 5.97 Å². The van der Waals surface area contributed by atoms with Gasteiger partial charge in [0.1, 0.15) is 18.5 Å². The minimum atomic E-state index is -2.76. The third-order valence-corrected chi connectivity index (χ3v) is 13.1. The number of esters is 1. The summed E-state index contributed by atoms with van der Waals surface area (Å²) < 4.78 is 18.7. The second-order valence-electron chi connectivity index (χ2n) is 12.1. The Morgan fingerprint density at radius 2 is 1.62 bits per heavy atom. The summed E-state index contributed by atoms with van der Waals surface area (Å²) in [5, 5.41) is 2.35. The number of rotatable bonds is 13. The molecule has 0 bridgehead atoms. The summed E-state index contributed by atoms with van der Waals surface area (Å²) in [5.74, 6) is -0.221. The molecule has 6 heteroatoms. The van der Waals surface area contributed by atoms with E-state index in [2.05, 4.69) is 81.4 Å². The molecule has 0 N–H and O–H groups in total. The third kappa shape index (κ3) is 7.16. The predicted octanol–water partition coefficient (Wildman–Crippen LogP) is 5.89. The molecule has 210 valence electrons. The van der Waals surface area contributed by atoms with Crippen molar-refractivity contribution >= 4 is 30.9 Å². The summed E-state index contributed by atoms with van der Waals surface area (Å²) in [4.78, 5) is 23.6. The number of carbonyl (C=O) groups excluding carboxylic acids is 2. The molecule has 2 heterocycles. The van der Waals surface area contributed by atoms with Crippen molar-refractivity contribution < 1.29 is 23.5 Å². The molecule has 2 aliphatic heterocycles. The van der Waals surface area contributed by atoms with E-state index in [1.54, 1.807) is 0 Å². The van der Waals surface area contributed by atoms with Crippen LogP contribution < -0.4 is 10.4 Å². The van der Waals surface area contributed by atoms with Crippen molar-refractivity contribution in [3.8, 4) is 0 Å². The zero-order chi connectivity index (χ0) is 27.9. The molecular weight excluding hydrogens is 504 g/mol. The van der Waals surface area contributed by atoms with Crippen LogP contribution in [-0.2, 0) is 23.5 Å². The second kappa shape index (κ2) is 13.2. The van der Waals surface area contributed by atoms with Crippen LogP contribution in [0.4, 0.5) is 0 Å². The summed E-state index contributed by atoms with van der Waals surface area (Å²) >= 11 is 0. The van der Waals surface area contributed by atoms with Crippen LogP contribution in [0.1, 0.15) is 79.1 Å². The van der Waals surface area contributed by atoms with Crippen molar-refractivity contribution in [2.24, 2.45) is 0 Å². The first-order valence-corrected chi connectivity index (χ1v) is 16.4. The van der Waals surface area contributed by atoms with E-state index >= 15 is 0 Å². The summed E-state index contributed by atoms with van der Waals surface area (Å²) in [6, 6.07) is 21.3. The predicted molar refractivity (Wildman–Crippen MR) is 158 cm³/mol. The first-order valence-electron chi connectivity index (χ1n) is 14.5. The number of hydrogen-bond acceptors (Lipinski definition) is 5. The van der Waals surface area contributed by atoms with Crippen molar-refractivity contribution in [3.63, 3.8) is 0 Å². The van der Waals surface area contributed by atoms with E-state index in [1.165, 1.54) is 10.4 Å². The van der Waals surface area contributed by atoms with Crippen molar-refractivity contribution in [1.29, 1.82) is 0 Å². The van der Waals surface area contributed by atoms with Crippen LogP contribution in [0.5, 0.6) is 0 Å². The van der Waals surface area contributed by atoms with Crippen molar-refractivity contribution in [2.75, 3.05) is 0 Å². The fourth-order valence-corrected chi connectivity index (χ4v) is 10.9. The van der Waals surface area contributed by atoms with E-state index < -0.39 is 8.32 Å². The number of hydrogen-bond donors (Lipinski definition) is 0. The molecule has 1 fully saturated rings. The monoisotopic (exact) mass is 548 g/mol. The Balaban J connectivity index is 1.56. The molecule has 0 saturated carbocycles. The van der Waals surface area contributed by atoms with E-state index in [4.69, 9.17) is 13.9 Å². The topological polar surface area (TPSA) is 61.8 Å². The Morgan fingerprint density at radius 1 is 0.974 bits per heavy atom. The summed E-state index contributed by atoms with van der Waals surface area (Å²) in [5.41, 5.74) is 0.727. The molecule has 0 amide bonds. The minimum absolute atomic E-state index is 0.109. The second-order valence-corrected chi connectivity index (χ2v) is 16.3. The largest absolute Gasteiger partial charge is 0.455 e. The lowest BCUT2D eigenvalue weighted by atomic mass is 10.0. The van der Waals surface area contributed by atoms with Gasteiger partial charge in [-0.3, -0.25) is 0 Å². The first-order chi connectivity index (χ1) is 18.7. The molecule has 0 aliphatic carbocycles. The fourth-order valence-electron chi connectivity index (χ4n) is 6.14. The summed E-state index contributed by atoms with van der Waals surface area (Å²) in [6.07, 6.45) is 9.90. The standard InChI is InChI=1S/C33H44O5Si/c1-25-22-26(32(35)36-25)23-28(15-9-5-8-14-27-20-21-29(24-34)37-27)38-39(33(2,3)4,30-16-10-6-11-17-30)31-18-12-7-13-19-31/h6-7,10-13,16-19,22,24-25,27-29H,5,8-9,14-15,20-21,23H2,1-4H3/t25-,27-,28-,29+/m1/s1. The molecule has 0 aromatic heterocycles. The average Bonchev–Trinajstić information content (AvgIpc) is 3.51. The molecular formula is C33H44O5Si. The molecule has 4 atom stereocenters. The Kier molecular flexibility index (Phi) is 9.97. The minimum Gasteiger partial charge on any atom is -0.455 e. The van der Waals surface area contributed by atoms with E-state index in [0.29, 0.717) is 6.42 Å². The molecule has 1 saturated heterocycles. The lowest BCUT2D eigenvalue weighted by Gasteiger charge is -2.45. The number of ether oxygens (including phenoxy) is 2. The van der Waals surface area contributed by atoms with Crippen molar-refractivity contribution in [2.45, 2.75) is 109 Å². The zero-order valence-corrected chi connectivity index (χ0v) is 24.9. The number of aldehydes is 1. The van der Waals surface area contributed by atoms with Crippen molar-refractivity contribution in [3.05, 3.63) is 72.3 Å². The molecule has 0 unspecified atom stereocenters. The molecule has 2 aromatic carbocycles. The van der Waals surface area contributed by atoms with Crippen LogP contribution in [0.2, 0.25) is 5.04 Å². The average molecular weight is 549 g/mol. The van der Waals surface area contributed by atoms with Gasteiger partial charge in [0.05, 0.1) is 12.2 Å². The van der Waals surface area contributed by atoms with Gasteiger partial charge in [0.2, 0.25) is 0 Å². The Bertz CT molecular complexity index is 1070. The quantitative estimate of drug-likeness (QED) is 0.135. The van der Waals surface area contributed by atoms with Crippen LogP contribution in [0, 0.1) is 0 Å². The van der Waals surface area contributed by atoms with Gasteiger partial charge in [-0.05, 0) is 54.1 Å². The van der Waals surface area contributed by atoms with Gasteiger partial charge in [0.15, 0.2) is 0 Å². The Morgan fingerprint density at radius 3 is 2.13 bits per heavy atom. The molecule has 0 spiro atoms. The maximum Gasteiger partial charge on any atom is 0.334 e. The van der Waals surface area contributed by atoms with Crippen LogP contribution in [0.15, 0.2) is 72.3 Å². The van der Waals surface area contributed by atoms with Crippen LogP contribution >= 0.6 is 0 Å². The lowest BCUT2D eigenvalue weighted by molar-refractivity contribution is -0.139. The molecule has 2 aliphatic rings. The number of carbonyl (C=O) groups is 2. The highest BCUT2D eigenvalue weighted by atomic mass is 28.4. The Hall–Kier alpha value is -2.54. The van der Waals surface area contributed by atoms with E-state index in [-0.39, 0.29) is 35.4 Å². The SMILES string of the molecule is C[C@@H]1C=C(C[C@@H](CCCCC[C@@H]2CC[C@@H](C=O)O2)O[Si](c2ccccc2)(c2ccccc2)C(C)(C)C)C(=O)O1. The highest BCUT2D eigenvalue weighted by Crippen LogP contribution is 2.39. The van der Waals surface area contributed by atoms with Crippen molar-refractivity contribution in [1.82, 2.24) is 0 Å². The van der Waals surface area contributed by atoms with Crippen LogP contribution in [0.25, 0.3) is 0 Å². The molecule has 4 rings (SSSR count). The molecule has 2 aromatic rings. The normalized spacial score (nSPS) is 22.4. The zero-order valence-electron chi connectivity index (χ0n) is 23.9. The molecule has 39 heavy (non-hydrogen) atoms. The smallest absolute Gasteiger partial charge is 0.334 e. The highest BCUT2D eigenvalue weighted by molar-refractivity contribution is 6.99. The number of cyclic esters (lactones) is 1. The van der Waals surface area contributed by atoms with Gasteiger partial charge in [-0.25, -0.2) is 4.79 Å². The van der Waals surface area contributed by atoms with E-state index in [0.717, 1.165) is 56.8 Å². The van der Waals surface area contributed by atoms with E-state index in [1.807, 2.05) is 13.0 Å². The Labute approximate surface area is 235 Å². The van der Waals surface area contributed by atoms with Gasteiger partial charge in [-0.2, -0.15) is 0 Å². The van der Waals surface area contributed by atoms with Gasteiger partial charge in [-0.15, -0.1) is 0 Å². The maximum atomic E-state index is 12.6. The third-order valence-electron chi connectivity index (χ3n) is 8.04. The lowest BCUT2D eigenvalue weighted by Crippen LogP contribution is -2.67. The first kappa shape index (κ1) is 29.4. The van der Waals surface area contributed by atoms with E-state index in [9.17, 15) is 9.59 Å². The van der Waals surface area contributed by atoms with Gasteiger partial charge in [-0.1, -0.05) is 101 Å². The summed E-state index contributed by atoms with van der Waals surface area (Å²) in [7, 11) is -2.76. The fraction of sp³-hybridized carbons (Fsp3) is 0.515. The molecule has 0 radical (unpaired) electrons. The number of benzene rings is 2. The highest BCUT2D eigenvalue weighted by Gasteiger charge is 2.51. The summed E-state index contributed by atoms with van der Waals surface area (Å²) in [6.45, 7) is 8.77. The maximum absolute atomic E-state index is 12.6. The van der Waals surface area contributed by atoms with Gasteiger partial charge < -0.3 is 18.7 Å². The van der Waals surface area contributed by atoms with Gasteiger partial charge in [0, 0.05) is 12.0 Å². The molecule has 5 nitrogen and oxygen atoms in total. The number of unbranched alkanes of at least 4 members (excludes halogenated alkanes) is 2.